The Labute approximate surface area is 112 Å². The van der Waals surface area contributed by atoms with E-state index in [4.69, 9.17) is 0 Å². The number of rotatable bonds is 1. The zero-order chi connectivity index (χ0) is 12.8. The van der Waals surface area contributed by atoms with E-state index in [1.165, 1.54) is 38.2 Å². The SMILES string of the molecule is C/C=C/C1=Cc2cc3ccccc3c3cccc1c23. The molecule has 0 fully saturated rings. The molecule has 19 heavy (non-hydrogen) atoms. The first kappa shape index (κ1) is 10.6. The van der Waals surface area contributed by atoms with Crippen molar-refractivity contribution in [2.24, 2.45) is 0 Å². The third-order valence-corrected chi connectivity index (χ3v) is 3.88. The fraction of sp³-hybridized carbons (Fsp3) is 0.0526. The summed E-state index contributed by atoms with van der Waals surface area (Å²) in [5.41, 5.74) is 4.02. The fourth-order valence-corrected chi connectivity index (χ4v) is 3.11. The average molecular weight is 242 g/mol. The van der Waals surface area contributed by atoms with E-state index in [2.05, 4.69) is 73.7 Å². The molecule has 0 N–H and O–H groups in total. The summed E-state index contributed by atoms with van der Waals surface area (Å²) >= 11 is 0. The summed E-state index contributed by atoms with van der Waals surface area (Å²) in [6, 6.07) is 17.6. The Bertz CT molecular complexity index is 864. The standard InChI is InChI=1S/C19H14/c1-2-6-13-11-15-12-14-7-3-4-8-16(14)18-10-5-9-17(13)19(15)18/h2-12H,1H3/b6-2+. The van der Waals surface area contributed by atoms with E-state index in [1.54, 1.807) is 0 Å². The lowest BCUT2D eigenvalue weighted by Crippen LogP contribution is -1.82. The number of benzene rings is 3. The van der Waals surface area contributed by atoms with Crippen LogP contribution in [0.3, 0.4) is 0 Å². The fourth-order valence-electron chi connectivity index (χ4n) is 3.11. The van der Waals surface area contributed by atoms with Crippen LogP contribution in [0.4, 0.5) is 0 Å². The van der Waals surface area contributed by atoms with Crippen LogP contribution in [-0.2, 0) is 0 Å². The Morgan fingerprint density at radius 3 is 2.63 bits per heavy atom. The van der Waals surface area contributed by atoms with Crippen molar-refractivity contribution in [1.29, 1.82) is 0 Å². The molecule has 0 radical (unpaired) electrons. The van der Waals surface area contributed by atoms with Crippen LogP contribution in [0.2, 0.25) is 0 Å². The third kappa shape index (κ3) is 1.40. The van der Waals surface area contributed by atoms with E-state index in [0.717, 1.165) is 0 Å². The molecule has 0 atom stereocenters. The van der Waals surface area contributed by atoms with Gasteiger partial charge in [0.15, 0.2) is 0 Å². The van der Waals surface area contributed by atoms with Crippen LogP contribution < -0.4 is 0 Å². The molecule has 0 heteroatoms. The summed E-state index contributed by atoms with van der Waals surface area (Å²) in [5.74, 6) is 0. The summed E-state index contributed by atoms with van der Waals surface area (Å²) in [6.07, 6.45) is 6.60. The maximum atomic E-state index is 2.30. The molecule has 0 bridgehead atoms. The topological polar surface area (TPSA) is 0 Å². The lowest BCUT2D eigenvalue weighted by molar-refractivity contribution is 1.70. The number of fused-ring (bicyclic) bond motifs is 2. The molecular formula is C19H14. The highest BCUT2D eigenvalue weighted by Crippen LogP contribution is 2.40. The monoisotopic (exact) mass is 242 g/mol. The zero-order valence-electron chi connectivity index (χ0n) is 10.9. The Hall–Kier alpha value is -2.34. The minimum Gasteiger partial charge on any atom is -0.0870 e. The highest BCUT2D eigenvalue weighted by molar-refractivity contribution is 6.19. The summed E-state index contributed by atoms with van der Waals surface area (Å²) < 4.78 is 0. The Morgan fingerprint density at radius 1 is 0.895 bits per heavy atom. The van der Waals surface area contributed by atoms with Gasteiger partial charge < -0.3 is 0 Å². The lowest BCUT2D eigenvalue weighted by Gasteiger charge is -2.07. The van der Waals surface area contributed by atoms with Crippen molar-refractivity contribution in [2.45, 2.75) is 6.92 Å². The second kappa shape index (κ2) is 3.83. The molecule has 0 saturated heterocycles. The predicted molar refractivity (Wildman–Crippen MR) is 84.1 cm³/mol. The van der Waals surface area contributed by atoms with Crippen LogP contribution in [0.1, 0.15) is 18.1 Å². The van der Waals surface area contributed by atoms with Crippen LogP contribution in [0.25, 0.3) is 33.2 Å². The van der Waals surface area contributed by atoms with Crippen molar-refractivity contribution in [1.82, 2.24) is 0 Å². The van der Waals surface area contributed by atoms with Crippen LogP contribution in [-0.4, -0.2) is 0 Å². The van der Waals surface area contributed by atoms with E-state index < -0.39 is 0 Å². The van der Waals surface area contributed by atoms with E-state index >= 15 is 0 Å². The van der Waals surface area contributed by atoms with E-state index in [1.807, 2.05) is 0 Å². The van der Waals surface area contributed by atoms with Gasteiger partial charge in [0.25, 0.3) is 0 Å². The highest BCUT2D eigenvalue weighted by atomic mass is 14.2. The van der Waals surface area contributed by atoms with Crippen LogP contribution in [0.15, 0.2) is 60.7 Å². The molecule has 4 rings (SSSR count). The first-order valence-corrected chi connectivity index (χ1v) is 6.68. The van der Waals surface area contributed by atoms with Crippen LogP contribution >= 0.6 is 0 Å². The smallest absolute Gasteiger partial charge is 0.00262 e. The Balaban J connectivity index is 2.21. The van der Waals surface area contributed by atoms with Gasteiger partial charge in [0, 0.05) is 0 Å². The van der Waals surface area contributed by atoms with Gasteiger partial charge in [-0.1, -0.05) is 54.6 Å². The lowest BCUT2D eigenvalue weighted by atomic mass is 9.96. The molecule has 3 aromatic rings. The van der Waals surface area contributed by atoms with Gasteiger partial charge in [-0.2, -0.15) is 0 Å². The number of allylic oxidation sites excluding steroid dienone is 3. The summed E-state index contributed by atoms with van der Waals surface area (Å²) in [4.78, 5) is 0. The molecular weight excluding hydrogens is 228 g/mol. The maximum Gasteiger partial charge on any atom is -0.00262 e. The molecule has 0 aliphatic heterocycles. The molecule has 0 heterocycles. The molecule has 3 aromatic carbocycles. The highest BCUT2D eigenvalue weighted by Gasteiger charge is 2.16. The Kier molecular flexibility index (Phi) is 2.13. The van der Waals surface area contributed by atoms with Crippen molar-refractivity contribution in [3.8, 4) is 0 Å². The molecule has 0 aromatic heterocycles. The minimum atomic E-state index is 1.32. The molecule has 0 saturated carbocycles. The summed E-state index contributed by atoms with van der Waals surface area (Å²) in [7, 11) is 0. The Morgan fingerprint density at radius 2 is 1.74 bits per heavy atom. The van der Waals surface area contributed by atoms with Gasteiger partial charge in [0.05, 0.1) is 0 Å². The van der Waals surface area contributed by atoms with Gasteiger partial charge in [-0.3, -0.25) is 0 Å². The molecule has 1 aliphatic rings. The molecule has 0 nitrogen and oxygen atoms in total. The van der Waals surface area contributed by atoms with E-state index in [-0.39, 0.29) is 0 Å². The largest absolute Gasteiger partial charge is 0.0870 e. The molecule has 0 spiro atoms. The van der Waals surface area contributed by atoms with Gasteiger partial charge >= 0.3 is 0 Å². The van der Waals surface area contributed by atoms with Gasteiger partial charge in [-0.25, -0.2) is 0 Å². The van der Waals surface area contributed by atoms with Gasteiger partial charge in [0.2, 0.25) is 0 Å². The zero-order valence-corrected chi connectivity index (χ0v) is 10.9. The first-order chi connectivity index (χ1) is 9.38. The second-order valence-electron chi connectivity index (χ2n) is 5.01. The van der Waals surface area contributed by atoms with Gasteiger partial charge in [-0.05, 0) is 57.3 Å². The summed E-state index contributed by atoms with van der Waals surface area (Å²) in [5, 5.41) is 5.43. The van der Waals surface area contributed by atoms with Gasteiger partial charge in [-0.15, -0.1) is 0 Å². The van der Waals surface area contributed by atoms with E-state index in [0.29, 0.717) is 0 Å². The predicted octanol–water partition coefficient (Wildman–Crippen LogP) is 5.42. The van der Waals surface area contributed by atoms with Crippen molar-refractivity contribution in [3.05, 3.63) is 71.8 Å². The van der Waals surface area contributed by atoms with Crippen molar-refractivity contribution < 1.29 is 0 Å². The van der Waals surface area contributed by atoms with E-state index in [9.17, 15) is 0 Å². The quantitative estimate of drug-likeness (QED) is 0.499. The first-order valence-electron chi connectivity index (χ1n) is 6.68. The third-order valence-electron chi connectivity index (χ3n) is 3.88. The van der Waals surface area contributed by atoms with Crippen LogP contribution in [0.5, 0.6) is 0 Å². The number of hydrogen-bond acceptors (Lipinski definition) is 0. The van der Waals surface area contributed by atoms with Crippen LogP contribution in [0, 0.1) is 0 Å². The summed E-state index contributed by atoms with van der Waals surface area (Å²) in [6.45, 7) is 2.07. The van der Waals surface area contributed by atoms with Crippen molar-refractivity contribution >= 4 is 33.2 Å². The maximum absolute atomic E-state index is 2.30. The van der Waals surface area contributed by atoms with Crippen molar-refractivity contribution in [3.63, 3.8) is 0 Å². The average Bonchev–Trinajstić information content (AvgIpc) is 2.79. The molecule has 0 amide bonds. The minimum absolute atomic E-state index is 1.32. The number of hydrogen-bond donors (Lipinski definition) is 0. The molecule has 90 valence electrons. The normalized spacial score (nSPS) is 13.6. The molecule has 1 aliphatic carbocycles. The van der Waals surface area contributed by atoms with Crippen molar-refractivity contribution in [2.75, 3.05) is 0 Å². The second-order valence-corrected chi connectivity index (χ2v) is 5.01. The van der Waals surface area contributed by atoms with Gasteiger partial charge in [0.1, 0.15) is 0 Å². The molecule has 0 unspecified atom stereocenters.